The van der Waals surface area contributed by atoms with Gasteiger partial charge in [0, 0.05) is 10.4 Å². The van der Waals surface area contributed by atoms with Crippen LogP contribution in [-0.4, -0.2) is 23.1 Å². The highest BCUT2D eigenvalue weighted by Gasteiger charge is 2.40. The zero-order chi connectivity index (χ0) is 16.3. The molecule has 5 nitrogen and oxygen atoms in total. The van der Waals surface area contributed by atoms with Gasteiger partial charge in [-0.25, -0.2) is 0 Å². The number of carbonyl (C=O) groups is 2. The highest BCUT2D eigenvalue weighted by atomic mass is 32.2. The number of rotatable bonds is 6. The van der Waals surface area contributed by atoms with Crippen LogP contribution in [0.3, 0.4) is 0 Å². The number of benzene rings is 1. The van der Waals surface area contributed by atoms with Gasteiger partial charge in [-0.05, 0) is 39.8 Å². The number of nitrogens with two attached hydrogens (primary N) is 2. The number of primary amides is 1. The summed E-state index contributed by atoms with van der Waals surface area (Å²) in [5.74, 6) is -0.398. The van der Waals surface area contributed by atoms with Gasteiger partial charge in [0.25, 0.3) is 0 Å². The Hall–Kier alpha value is -1.53. The average molecular weight is 309 g/mol. The maximum Gasteiger partial charge on any atom is 0.231 e. The summed E-state index contributed by atoms with van der Waals surface area (Å²) in [6, 6.07) is 7.30. The van der Waals surface area contributed by atoms with Gasteiger partial charge in [0.15, 0.2) is 0 Å². The van der Waals surface area contributed by atoms with E-state index in [9.17, 15) is 9.59 Å². The van der Waals surface area contributed by atoms with Crippen LogP contribution in [0, 0.1) is 5.41 Å². The van der Waals surface area contributed by atoms with Crippen LogP contribution < -0.4 is 16.8 Å². The van der Waals surface area contributed by atoms with Crippen molar-refractivity contribution in [2.75, 3.05) is 11.1 Å². The van der Waals surface area contributed by atoms with Crippen LogP contribution in [0.5, 0.6) is 0 Å². The Morgan fingerprint density at radius 2 is 1.76 bits per heavy atom. The Morgan fingerprint density at radius 3 is 2.29 bits per heavy atom. The molecule has 0 saturated heterocycles. The lowest BCUT2D eigenvalue weighted by molar-refractivity contribution is -0.126. The van der Waals surface area contributed by atoms with Crippen molar-refractivity contribution in [2.45, 2.75) is 38.1 Å². The Balaban J connectivity index is 2.93. The Kier molecular flexibility index (Phi) is 5.42. The number of thioether (sulfide) groups is 1. The topological polar surface area (TPSA) is 98.2 Å². The molecule has 21 heavy (non-hydrogen) atoms. The minimum Gasteiger partial charge on any atom is -0.369 e. The van der Waals surface area contributed by atoms with Crippen LogP contribution in [0.4, 0.5) is 5.69 Å². The van der Waals surface area contributed by atoms with E-state index in [1.165, 1.54) is 11.8 Å². The van der Waals surface area contributed by atoms with Crippen LogP contribution in [-0.2, 0) is 9.59 Å². The van der Waals surface area contributed by atoms with E-state index < -0.39 is 16.9 Å². The van der Waals surface area contributed by atoms with Gasteiger partial charge in [0.1, 0.15) is 0 Å². The summed E-state index contributed by atoms with van der Waals surface area (Å²) >= 11 is 1.29. The second kappa shape index (κ2) is 6.49. The molecule has 5 N–H and O–H groups in total. The molecule has 1 aromatic carbocycles. The highest BCUT2D eigenvalue weighted by molar-refractivity contribution is 8.00. The number of carbonyl (C=O) groups excluding carboxylic acids is 2. The van der Waals surface area contributed by atoms with Crippen LogP contribution in [0.2, 0.25) is 0 Å². The lowest BCUT2D eigenvalue weighted by atomic mass is 9.74. The molecule has 2 amide bonds. The summed E-state index contributed by atoms with van der Waals surface area (Å²) in [7, 11) is 0. The molecule has 0 atom stereocenters. The third-order valence-electron chi connectivity index (χ3n) is 3.68. The van der Waals surface area contributed by atoms with Crippen LogP contribution in [0.1, 0.15) is 27.7 Å². The quantitative estimate of drug-likeness (QED) is 0.700. The summed E-state index contributed by atoms with van der Waals surface area (Å²) in [6.45, 7) is 7.25. The van der Waals surface area contributed by atoms with Crippen molar-refractivity contribution in [1.82, 2.24) is 0 Å². The zero-order valence-electron chi connectivity index (χ0n) is 12.9. The molecule has 0 bridgehead atoms. The molecule has 0 aromatic heterocycles. The molecule has 0 unspecified atom stereocenters. The molecule has 0 radical (unpaired) electrons. The SMILES string of the molecule is CC(C)(N)C(C)(C)C(=O)Nc1ccccc1SCC(N)=O. The smallest absolute Gasteiger partial charge is 0.231 e. The third-order valence-corrected chi connectivity index (χ3v) is 4.78. The van der Waals surface area contributed by atoms with Crippen molar-refractivity contribution in [3.05, 3.63) is 24.3 Å². The molecular formula is C15H23N3O2S. The van der Waals surface area contributed by atoms with Crippen molar-refractivity contribution in [2.24, 2.45) is 16.9 Å². The fourth-order valence-electron chi connectivity index (χ4n) is 1.42. The molecule has 0 heterocycles. The number of anilines is 1. The summed E-state index contributed by atoms with van der Waals surface area (Å²) < 4.78 is 0. The van der Waals surface area contributed by atoms with Gasteiger partial charge in [0.2, 0.25) is 11.8 Å². The number of hydrogen-bond donors (Lipinski definition) is 3. The second-order valence-electron chi connectivity index (χ2n) is 6.05. The molecule has 6 heteroatoms. The van der Waals surface area contributed by atoms with Gasteiger partial charge in [0.05, 0.1) is 16.9 Å². The van der Waals surface area contributed by atoms with E-state index in [2.05, 4.69) is 5.32 Å². The third kappa shape index (κ3) is 4.47. The van der Waals surface area contributed by atoms with Crippen molar-refractivity contribution in [1.29, 1.82) is 0 Å². The molecule has 0 aliphatic rings. The van der Waals surface area contributed by atoms with Crippen LogP contribution in [0.25, 0.3) is 0 Å². The maximum absolute atomic E-state index is 12.5. The number of para-hydroxylation sites is 1. The summed E-state index contributed by atoms with van der Waals surface area (Å²) in [6.07, 6.45) is 0. The largest absolute Gasteiger partial charge is 0.369 e. The van der Waals surface area contributed by atoms with E-state index in [0.717, 1.165) is 4.90 Å². The molecule has 1 rings (SSSR count). The van der Waals surface area contributed by atoms with Crippen molar-refractivity contribution in [3.8, 4) is 0 Å². The van der Waals surface area contributed by atoms with Gasteiger partial charge in [-0.2, -0.15) is 0 Å². The van der Waals surface area contributed by atoms with Gasteiger partial charge < -0.3 is 16.8 Å². The zero-order valence-corrected chi connectivity index (χ0v) is 13.7. The van der Waals surface area contributed by atoms with Crippen molar-refractivity contribution in [3.63, 3.8) is 0 Å². The summed E-state index contributed by atoms with van der Waals surface area (Å²) in [4.78, 5) is 24.2. The Bertz CT molecular complexity index is 536. The fourth-order valence-corrected chi connectivity index (χ4v) is 2.16. The average Bonchev–Trinajstić information content (AvgIpc) is 2.36. The van der Waals surface area contributed by atoms with E-state index in [1.807, 2.05) is 45.9 Å². The Morgan fingerprint density at radius 1 is 1.19 bits per heavy atom. The minimum absolute atomic E-state index is 0.165. The molecule has 0 spiro atoms. The molecule has 0 fully saturated rings. The molecule has 0 aliphatic carbocycles. The predicted octanol–water partition coefficient (Wildman–Crippen LogP) is 1.97. The fraction of sp³-hybridized carbons (Fsp3) is 0.467. The van der Waals surface area contributed by atoms with E-state index in [0.29, 0.717) is 5.69 Å². The van der Waals surface area contributed by atoms with Gasteiger partial charge >= 0.3 is 0 Å². The number of hydrogen-bond acceptors (Lipinski definition) is 4. The van der Waals surface area contributed by atoms with Gasteiger partial charge in [-0.3, -0.25) is 9.59 Å². The molecule has 0 saturated carbocycles. The first-order valence-corrected chi connectivity index (χ1v) is 7.64. The number of amides is 2. The Labute approximate surface area is 129 Å². The summed E-state index contributed by atoms with van der Waals surface area (Å²) in [5, 5.41) is 2.89. The second-order valence-corrected chi connectivity index (χ2v) is 7.07. The van der Waals surface area contributed by atoms with Crippen LogP contribution >= 0.6 is 11.8 Å². The van der Waals surface area contributed by atoms with Gasteiger partial charge in [-0.15, -0.1) is 11.8 Å². The summed E-state index contributed by atoms with van der Waals surface area (Å²) in [5.41, 5.74) is 10.5. The monoisotopic (exact) mass is 309 g/mol. The first kappa shape index (κ1) is 17.5. The van der Waals surface area contributed by atoms with E-state index in [-0.39, 0.29) is 11.7 Å². The first-order valence-electron chi connectivity index (χ1n) is 6.66. The standard InChI is InChI=1S/C15H23N3O2S/c1-14(2,15(3,4)17)13(20)18-10-7-5-6-8-11(10)21-9-12(16)19/h5-8H,9,17H2,1-4H3,(H2,16,19)(H,18,20). The molecule has 116 valence electrons. The number of nitrogens with one attached hydrogen (secondary N) is 1. The van der Waals surface area contributed by atoms with E-state index >= 15 is 0 Å². The molecule has 0 aliphatic heterocycles. The van der Waals surface area contributed by atoms with E-state index in [4.69, 9.17) is 11.5 Å². The lowest BCUT2D eigenvalue weighted by Gasteiger charge is -2.37. The molecular weight excluding hydrogens is 286 g/mol. The van der Waals surface area contributed by atoms with Gasteiger partial charge in [-0.1, -0.05) is 12.1 Å². The lowest BCUT2D eigenvalue weighted by Crippen LogP contribution is -2.53. The highest BCUT2D eigenvalue weighted by Crippen LogP contribution is 2.32. The maximum atomic E-state index is 12.5. The minimum atomic E-state index is -0.742. The van der Waals surface area contributed by atoms with Crippen molar-refractivity contribution < 1.29 is 9.59 Å². The van der Waals surface area contributed by atoms with Crippen molar-refractivity contribution >= 4 is 29.3 Å². The van der Waals surface area contributed by atoms with E-state index in [1.54, 1.807) is 6.07 Å². The predicted molar refractivity (Wildman–Crippen MR) is 87.0 cm³/mol. The van der Waals surface area contributed by atoms with Crippen LogP contribution in [0.15, 0.2) is 29.2 Å². The first-order chi connectivity index (χ1) is 9.55. The normalized spacial score (nSPS) is 12.0. The molecule has 1 aromatic rings.